The Hall–Kier alpha value is -3.22. The third kappa shape index (κ3) is 4.93. The van der Waals surface area contributed by atoms with Gasteiger partial charge in [-0.1, -0.05) is 12.1 Å². The average molecular weight is 423 g/mol. The van der Waals surface area contributed by atoms with Gasteiger partial charge >= 0.3 is 11.8 Å². The van der Waals surface area contributed by atoms with Gasteiger partial charge in [0.05, 0.1) is 12.8 Å². The van der Waals surface area contributed by atoms with Crippen molar-refractivity contribution in [3.8, 4) is 5.75 Å². The number of anilines is 3. The van der Waals surface area contributed by atoms with E-state index in [9.17, 15) is 9.59 Å². The van der Waals surface area contributed by atoms with Crippen LogP contribution in [-0.4, -0.2) is 63.1 Å². The lowest BCUT2D eigenvalue weighted by Gasteiger charge is -2.36. The topological polar surface area (TPSA) is 65.1 Å². The number of amides is 2. The molecule has 0 radical (unpaired) electrons. The van der Waals surface area contributed by atoms with Crippen molar-refractivity contribution < 1.29 is 14.3 Å². The van der Waals surface area contributed by atoms with E-state index in [2.05, 4.69) is 15.1 Å². The second kappa shape index (κ2) is 9.73. The Morgan fingerprint density at radius 2 is 1.48 bits per heavy atom. The van der Waals surface area contributed by atoms with Crippen LogP contribution in [0.2, 0.25) is 0 Å². The van der Waals surface area contributed by atoms with Crippen LogP contribution in [0, 0.1) is 0 Å². The Kier molecular flexibility index (Phi) is 6.60. The minimum atomic E-state index is -0.587. The number of hydrogen-bond donors (Lipinski definition) is 1. The molecule has 7 heteroatoms. The van der Waals surface area contributed by atoms with E-state index in [1.807, 2.05) is 48.5 Å². The number of benzene rings is 2. The van der Waals surface area contributed by atoms with Crippen LogP contribution in [0.4, 0.5) is 17.1 Å². The van der Waals surface area contributed by atoms with E-state index in [1.165, 1.54) is 19.3 Å². The summed E-state index contributed by atoms with van der Waals surface area (Å²) >= 11 is 0. The first-order valence-electron chi connectivity index (χ1n) is 11.0. The van der Waals surface area contributed by atoms with Crippen molar-refractivity contribution >= 4 is 28.9 Å². The Labute approximate surface area is 183 Å². The first kappa shape index (κ1) is 21.0. The van der Waals surface area contributed by atoms with Crippen molar-refractivity contribution in [3.05, 3.63) is 48.5 Å². The summed E-state index contributed by atoms with van der Waals surface area (Å²) in [5, 5.41) is 2.75. The molecule has 7 nitrogen and oxygen atoms in total. The van der Waals surface area contributed by atoms with Crippen LogP contribution in [0.3, 0.4) is 0 Å². The van der Waals surface area contributed by atoms with Gasteiger partial charge in [0.1, 0.15) is 5.75 Å². The highest BCUT2D eigenvalue weighted by Gasteiger charge is 2.27. The summed E-state index contributed by atoms with van der Waals surface area (Å²) in [4.78, 5) is 31.3. The molecule has 0 saturated carbocycles. The highest BCUT2D eigenvalue weighted by molar-refractivity contribution is 6.39. The van der Waals surface area contributed by atoms with Crippen LogP contribution >= 0.6 is 0 Å². The van der Waals surface area contributed by atoms with Gasteiger partial charge in [-0.15, -0.1) is 0 Å². The number of ether oxygens (including phenoxy) is 1. The van der Waals surface area contributed by atoms with E-state index in [0.717, 1.165) is 30.2 Å². The Bertz CT molecular complexity index is 901. The van der Waals surface area contributed by atoms with Crippen molar-refractivity contribution in [2.75, 3.05) is 61.5 Å². The third-order valence-electron chi connectivity index (χ3n) is 6.03. The van der Waals surface area contributed by atoms with E-state index in [0.29, 0.717) is 31.9 Å². The summed E-state index contributed by atoms with van der Waals surface area (Å²) in [5.41, 5.74) is 2.82. The zero-order chi connectivity index (χ0) is 21.6. The number of hydrogen-bond acceptors (Lipinski definition) is 5. The smallest absolute Gasteiger partial charge is 0.313 e. The van der Waals surface area contributed by atoms with Gasteiger partial charge in [-0.05, 0) is 55.7 Å². The molecule has 2 amide bonds. The molecule has 0 aliphatic carbocycles. The maximum absolute atomic E-state index is 12.6. The molecule has 0 unspecified atom stereocenters. The van der Waals surface area contributed by atoms with E-state index in [1.54, 1.807) is 12.0 Å². The number of nitrogens with zero attached hydrogens (tertiary/aromatic N) is 3. The molecule has 2 heterocycles. The van der Waals surface area contributed by atoms with Gasteiger partial charge in [-0.25, -0.2) is 0 Å². The lowest BCUT2D eigenvalue weighted by atomic mass is 10.1. The number of carbonyl (C=O) groups excluding carboxylic acids is 2. The molecule has 31 heavy (non-hydrogen) atoms. The summed E-state index contributed by atoms with van der Waals surface area (Å²) in [6, 6.07) is 15.6. The van der Waals surface area contributed by atoms with Crippen LogP contribution in [0.1, 0.15) is 19.3 Å². The van der Waals surface area contributed by atoms with Gasteiger partial charge in [-0.3, -0.25) is 9.59 Å². The molecular formula is C24H30N4O3. The third-order valence-corrected chi connectivity index (χ3v) is 6.03. The van der Waals surface area contributed by atoms with Crippen LogP contribution in [0.25, 0.3) is 0 Å². The summed E-state index contributed by atoms with van der Waals surface area (Å²) in [6.07, 6.45) is 3.73. The average Bonchev–Trinajstić information content (AvgIpc) is 2.84. The van der Waals surface area contributed by atoms with Gasteiger partial charge < -0.3 is 24.8 Å². The molecule has 2 fully saturated rings. The molecule has 0 aromatic heterocycles. The minimum absolute atomic E-state index is 0.486. The number of methoxy groups -OCH3 is 1. The summed E-state index contributed by atoms with van der Waals surface area (Å²) in [5.74, 6) is -0.260. The summed E-state index contributed by atoms with van der Waals surface area (Å²) in [7, 11) is 1.65. The fourth-order valence-corrected chi connectivity index (χ4v) is 4.28. The van der Waals surface area contributed by atoms with Crippen LogP contribution < -0.4 is 19.9 Å². The van der Waals surface area contributed by atoms with Crippen LogP contribution in [-0.2, 0) is 9.59 Å². The maximum atomic E-state index is 12.6. The molecule has 1 N–H and O–H groups in total. The Balaban J connectivity index is 1.30. The number of piperazine rings is 1. The van der Waals surface area contributed by atoms with Crippen molar-refractivity contribution in [1.29, 1.82) is 0 Å². The molecule has 164 valence electrons. The lowest BCUT2D eigenvalue weighted by Crippen LogP contribution is -2.51. The normalized spacial score (nSPS) is 16.7. The fraction of sp³-hybridized carbons (Fsp3) is 0.417. The van der Waals surface area contributed by atoms with E-state index in [4.69, 9.17) is 4.74 Å². The highest BCUT2D eigenvalue weighted by Crippen LogP contribution is 2.28. The molecule has 2 aliphatic rings. The second-order valence-corrected chi connectivity index (χ2v) is 8.00. The quantitative estimate of drug-likeness (QED) is 0.768. The predicted molar refractivity (Wildman–Crippen MR) is 123 cm³/mol. The van der Waals surface area contributed by atoms with Crippen molar-refractivity contribution in [2.45, 2.75) is 19.3 Å². The first-order chi connectivity index (χ1) is 15.2. The molecule has 0 spiro atoms. The SMILES string of the molecule is COc1ccccc1N1CCN(C(=O)C(=O)Nc2ccc(N3CCCCC3)cc2)CC1. The molecule has 2 aromatic rings. The number of piperidine rings is 1. The molecule has 0 bridgehead atoms. The Morgan fingerprint density at radius 3 is 2.16 bits per heavy atom. The lowest BCUT2D eigenvalue weighted by molar-refractivity contribution is -0.143. The van der Waals surface area contributed by atoms with Gasteiger partial charge in [0.25, 0.3) is 0 Å². The van der Waals surface area contributed by atoms with E-state index in [-0.39, 0.29) is 0 Å². The second-order valence-electron chi connectivity index (χ2n) is 8.00. The van der Waals surface area contributed by atoms with Crippen molar-refractivity contribution in [2.24, 2.45) is 0 Å². The molecular weight excluding hydrogens is 392 g/mol. The predicted octanol–water partition coefficient (Wildman–Crippen LogP) is 2.97. The van der Waals surface area contributed by atoms with Gasteiger partial charge in [0.2, 0.25) is 0 Å². The van der Waals surface area contributed by atoms with E-state index >= 15 is 0 Å². The van der Waals surface area contributed by atoms with Gasteiger partial charge in [0, 0.05) is 50.6 Å². The number of rotatable bonds is 4. The zero-order valence-electron chi connectivity index (χ0n) is 18.0. The zero-order valence-corrected chi connectivity index (χ0v) is 18.0. The standard InChI is InChI=1S/C24H30N4O3/c1-31-22-8-4-3-7-21(22)27-15-17-28(18-16-27)24(30)23(29)25-19-9-11-20(12-10-19)26-13-5-2-6-14-26/h3-4,7-12H,2,5-6,13-18H2,1H3,(H,25,29). The van der Waals surface area contributed by atoms with Gasteiger partial charge in [-0.2, -0.15) is 0 Å². The summed E-state index contributed by atoms with van der Waals surface area (Å²) in [6.45, 7) is 4.46. The van der Waals surface area contributed by atoms with E-state index < -0.39 is 11.8 Å². The number of nitrogens with one attached hydrogen (secondary N) is 1. The number of carbonyl (C=O) groups is 2. The van der Waals surface area contributed by atoms with Crippen molar-refractivity contribution in [1.82, 2.24) is 4.90 Å². The van der Waals surface area contributed by atoms with Gasteiger partial charge in [0.15, 0.2) is 0 Å². The molecule has 2 aliphatic heterocycles. The number of para-hydroxylation sites is 2. The molecule has 0 atom stereocenters. The van der Waals surface area contributed by atoms with Crippen LogP contribution in [0.15, 0.2) is 48.5 Å². The maximum Gasteiger partial charge on any atom is 0.313 e. The van der Waals surface area contributed by atoms with Crippen LogP contribution in [0.5, 0.6) is 5.75 Å². The Morgan fingerprint density at radius 1 is 0.806 bits per heavy atom. The monoisotopic (exact) mass is 422 g/mol. The molecule has 2 aromatic carbocycles. The minimum Gasteiger partial charge on any atom is -0.495 e. The fourth-order valence-electron chi connectivity index (χ4n) is 4.28. The molecule has 2 saturated heterocycles. The largest absolute Gasteiger partial charge is 0.495 e. The first-order valence-corrected chi connectivity index (χ1v) is 11.0. The highest BCUT2D eigenvalue weighted by atomic mass is 16.5. The summed E-state index contributed by atoms with van der Waals surface area (Å²) < 4.78 is 5.44. The molecule has 4 rings (SSSR count). The van der Waals surface area contributed by atoms with Crippen molar-refractivity contribution in [3.63, 3.8) is 0 Å².